The number of sulfonamides is 1. The molecule has 2 aliphatic rings. The van der Waals surface area contributed by atoms with Crippen molar-refractivity contribution in [2.24, 2.45) is 11.1 Å². The first kappa shape index (κ1) is 13.0. The lowest BCUT2D eigenvalue weighted by atomic mass is 9.88. The fraction of sp³-hybridized carbons (Fsp3) is 1.00. The van der Waals surface area contributed by atoms with Crippen molar-refractivity contribution >= 4 is 32.6 Å². The number of nitrogens with zero attached hydrogens (tertiary/aromatic N) is 1. The van der Waals surface area contributed by atoms with Crippen molar-refractivity contribution in [1.82, 2.24) is 4.90 Å². The lowest BCUT2D eigenvalue weighted by Crippen LogP contribution is -2.62. The van der Waals surface area contributed by atoms with Crippen molar-refractivity contribution < 1.29 is 8.42 Å². The highest BCUT2D eigenvalue weighted by atomic mass is 127. The molecule has 0 radical (unpaired) electrons. The van der Waals surface area contributed by atoms with E-state index in [0.717, 1.165) is 12.5 Å². The summed E-state index contributed by atoms with van der Waals surface area (Å²) < 4.78 is 22.5. The van der Waals surface area contributed by atoms with Gasteiger partial charge in [-0.2, -0.15) is 0 Å². The van der Waals surface area contributed by atoms with E-state index < -0.39 is 10.0 Å². The summed E-state index contributed by atoms with van der Waals surface area (Å²) in [6.45, 7) is 1.68. The quantitative estimate of drug-likeness (QED) is 0.470. The number of primary sulfonamides is 1. The Hall–Kier alpha value is 0.600. The summed E-state index contributed by atoms with van der Waals surface area (Å²) >= 11 is 2.21. The molecule has 0 bridgehead atoms. The minimum absolute atomic E-state index is 0.0783. The van der Waals surface area contributed by atoms with Gasteiger partial charge in [0.2, 0.25) is 10.0 Å². The molecule has 0 aromatic rings. The summed E-state index contributed by atoms with van der Waals surface area (Å²) in [4.78, 5) is 2.26. The van der Waals surface area contributed by atoms with E-state index in [-0.39, 0.29) is 9.30 Å². The van der Waals surface area contributed by atoms with Gasteiger partial charge < -0.3 is 0 Å². The Labute approximate surface area is 111 Å². The van der Waals surface area contributed by atoms with Gasteiger partial charge in [-0.1, -0.05) is 41.9 Å². The van der Waals surface area contributed by atoms with Crippen LogP contribution in [0.3, 0.4) is 0 Å². The second-order valence-electron chi connectivity index (χ2n) is 4.96. The number of likely N-dealkylation sites (tertiary alicyclic amines) is 1. The fourth-order valence-corrected chi connectivity index (χ4v) is 5.45. The fourth-order valence-electron chi connectivity index (χ4n) is 2.65. The van der Waals surface area contributed by atoms with E-state index >= 15 is 0 Å². The maximum atomic E-state index is 11.2. The van der Waals surface area contributed by atoms with E-state index in [1.807, 2.05) is 0 Å². The van der Waals surface area contributed by atoms with Crippen molar-refractivity contribution in [3.05, 3.63) is 0 Å². The topological polar surface area (TPSA) is 63.4 Å². The lowest BCUT2D eigenvalue weighted by molar-refractivity contribution is 0.128. The van der Waals surface area contributed by atoms with Crippen LogP contribution in [0.5, 0.6) is 0 Å². The molecule has 0 spiro atoms. The zero-order valence-corrected chi connectivity index (χ0v) is 12.3. The highest BCUT2D eigenvalue weighted by Gasteiger charge is 2.44. The normalized spacial score (nSPS) is 33.6. The van der Waals surface area contributed by atoms with Crippen LogP contribution in [0.2, 0.25) is 0 Å². The molecule has 1 aliphatic heterocycles. The first-order valence-corrected chi connectivity index (χ1v) is 8.74. The standard InChI is InChI=1S/C10H19IN2O2S/c11-10-9(16(12,14)15)7-13(10)6-8-4-2-1-3-5-8/h8-10H,1-7H2,(H2,12,14,15). The Kier molecular flexibility index (Phi) is 4.14. The lowest BCUT2D eigenvalue weighted by Gasteiger charge is -2.45. The summed E-state index contributed by atoms with van der Waals surface area (Å²) in [6.07, 6.45) is 6.65. The highest BCUT2D eigenvalue weighted by Crippen LogP contribution is 2.32. The molecule has 1 saturated carbocycles. The van der Waals surface area contributed by atoms with Crippen LogP contribution < -0.4 is 5.14 Å². The number of nitrogens with two attached hydrogens (primary N) is 1. The van der Waals surface area contributed by atoms with Crippen LogP contribution in [0.25, 0.3) is 0 Å². The molecule has 0 aromatic heterocycles. The molecule has 2 unspecified atom stereocenters. The Morgan fingerprint density at radius 2 is 1.88 bits per heavy atom. The molecular weight excluding hydrogens is 339 g/mol. The molecule has 2 N–H and O–H groups in total. The van der Waals surface area contributed by atoms with Gasteiger partial charge in [-0.15, -0.1) is 0 Å². The molecule has 0 amide bonds. The number of hydrogen-bond acceptors (Lipinski definition) is 3. The number of rotatable bonds is 3. The molecule has 2 fully saturated rings. The van der Waals surface area contributed by atoms with Crippen LogP contribution in [-0.2, 0) is 10.0 Å². The molecular formula is C10H19IN2O2S. The predicted octanol–water partition coefficient (Wildman–Crippen LogP) is 1.30. The van der Waals surface area contributed by atoms with Crippen molar-refractivity contribution in [2.45, 2.75) is 41.4 Å². The largest absolute Gasteiger partial charge is 0.289 e. The summed E-state index contributed by atoms with van der Waals surface area (Å²) in [5.74, 6) is 0.771. The van der Waals surface area contributed by atoms with Gasteiger partial charge in [-0.3, -0.25) is 4.90 Å². The maximum absolute atomic E-state index is 11.2. The van der Waals surface area contributed by atoms with E-state index in [4.69, 9.17) is 5.14 Å². The number of halogens is 1. The van der Waals surface area contributed by atoms with Gasteiger partial charge in [0, 0.05) is 13.1 Å². The van der Waals surface area contributed by atoms with Crippen LogP contribution >= 0.6 is 22.6 Å². The Morgan fingerprint density at radius 1 is 1.25 bits per heavy atom. The first-order chi connectivity index (χ1) is 7.48. The van der Waals surface area contributed by atoms with Gasteiger partial charge in [0.25, 0.3) is 0 Å². The van der Waals surface area contributed by atoms with Crippen LogP contribution in [0.4, 0.5) is 0 Å². The second-order valence-corrected chi connectivity index (χ2v) is 8.02. The summed E-state index contributed by atoms with van der Waals surface area (Å²) in [5.41, 5.74) is 0. The van der Waals surface area contributed by atoms with Crippen molar-refractivity contribution in [3.63, 3.8) is 0 Å². The van der Waals surface area contributed by atoms with E-state index in [1.54, 1.807) is 0 Å². The molecule has 6 heteroatoms. The monoisotopic (exact) mass is 358 g/mol. The maximum Gasteiger partial charge on any atom is 0.215 e. The SMILES string of the molecule is NS(=O)(=O)C1CN(CC2CCCCC2)C1I. The molecule has 1 aliphatic carbocycles. The molecule has 1 saturated heterocycles. The Balaban J connectivity index is 1.81. The minimum atomic E-state index is -3.34. The third-order valence-electron chi connectivity index (χ3n) is 3.71. The van der Waals surface area contributed by atoms with Crippen LogP contribution in [0.15, 0.2) is 0 Å². The van der Waals surface area contributed by atoms with Gasteiger partial charge in [0.15, 0.2) is 0 Å². The predicted molar refractivity (Wildman–Crippen MR) is 72.9 cm³/mol. The summed E-state index contributed by atoms with van der Waals surface area (Å²) in [7, 11) is -3.34. The van der Waals surface area contributed by atoms with Gasteiger partial charge in [0.05, 0.1) is 4.05 Å². The number of hydrogen-bond donors (Lipinski definition) is 1. The van der Waals surface area contributed by atoms with Crippen molar-refractivity contribution in [3.8, 4) is 0 Å². The highest BCUT2D eigenvalue weighted by molar-refractivity contribution is 14.1. The molecule has 16 heavy (non-hydrogen) atoms. The van der Waals surface area contributed by atoms with Gasteiger partial charge in [0.1, 0.15) is 5.25 Å². The van der Waals surface area contributed by atoms with Gasteiger partial charge in [-0.25, -0.2) is 13.6 Å². The molecule has 1 heterocycles. The molecule has 0 aromatic carbocycles. The van der Waals surface area contributed by atoms with Crippen LogP contribution in [0, 0.1) is 5.92 Å². The minimum Gasteiger partial charge on any atom is -0.289 e. The molecule has 2 rings (SSSR count). The smallest absolute Gasteiger partial charge is 0.215 e. The third-order valence-corrected chi connectivity index (χ3v) is 7.10. The molecule has 4 nitrogen and oxygen atoms in total. The van der Waals surface area contributed by atoms with Gasteiger partial charge in [-0.05, 0) is 18.8 Å². The first-order valence-electron chi connectivity index (χ1n) is 5.88. The molecule has 2 atom stereocenters. The third kappa shape index (κ3) is 2.88. The van der Waals surface area contributed by atoms with Crippen LogP contribution in [0.1, 0.15) is 32.1 Å². The van der Waals surface area contributed by atoms with Crippen molar-refractivity contribution in [1.29, 1.82) is 0 Å². The van der Waals surface area contributed by atoms with Crippen LogP contribution in [-0.4, -0.2) is 35.7 Å². The van der Waals surface area contributed by atoms with E-state index in [2.05, 4.69) is 27.5 Å². The Morgan fingerprint density at radius 3 is 2.38 bits per heavy atom. The number of alkyl halides is 1. The van der Waals surface area contributed by atoms with E-state index in [1.165, 1.54) is 32.1 Å². The second kappa shape index (κ2) is 5.07. The van der Waals surface area contributed by atoms with E-state index in [9.17, 15) is 8.42 Å². The van der Waals surface area contributed by atoms with Crippen molar-refractivity contribution in [2.75, 3.05) is 13.1 Å². The van der Waals surface area contributed by atoms with Gasteiger partial charge >= 0.3 is 0 Å². The summed E-state index contributed by atoms with van der Waals surface area (Å²) in [5, 5.41) is 4.82. The Bertz CT molecular complexity index is 341. The average Bonchev–Trinajstić information content (AvgIpc) is 2.23. The van der Waals surface area contributed by atoms with E-state index in [0.29, 0.717) is 6.54 Å². The zero-order chi connectivity index (χ0) is 11.8. The average molecular weight is 358 g/mol. The molecule has 94 valence electrons. The summed E-state index contributed by atoms with van der Waals surface area (Å²) in [6, 6.07) is 0. The zero-order valence-electron chi connectivity index (χ0n) is 9.31.